The summed E-state index contributed by atoms with van der Waals surface area (Å²) >= 11 is 0. The summed E-state index contributed by atoms with van der Waals surface area (Å²) in [6.45, 7) is 1.39. The Morgan fingerprint density at radius 2 is 1.56 bits per heavy atom. The molecular weight excluding hydrogens is 523 g/mol. The van der Waals surface area contributed by atoms with Crippen molar-refractivity contribution in [3.8, 4) is 11.3 Å². The van der Waals surface area contributed by atoms with Gasteiger partial charge >= 0.3 is 5.97 Å². The molecule has 41 heavy (non-hydrogen) atoms. The van der Waals surface area contributed by atoms with Gasteiger partial charge in [0.05, 0.1) is 34.3 Å². The van der Waals surface area contributed by atoms with E-state index in [-0.39, 0.29) is 34.8 Å². The number of hydrogen-bond acceptors (Lipinski definition) is 6. The molecule has 2 amide bonds. The predicted molar refractivity (Wildman–Crippen MR) is 151 cm³/mol. The molecule has 1 aliphatic heterocycles. The molecule has 0 bridgehead atoms. The molecule has 1 aromatic heterocycles. The van der Waals surface area contributed by atoms with Gasteiger partial charge < -0.3 is 4.74 Å². The number of anilines is 1. The van der Waals surface area contributed by atoms with E-state index in [0.717, 1.165) is 5.56 Å². The summed E-state index contributed by atoms with van der Waals surface area (Å²) in [7, 11) is 0. The van der Waals surface area contributed by atoms with Crippen LogP contribution in [-0.4, -0.2) is 35.2 Å². The molecule has 4 aromatic rings. The van der Waals surface area contributed by atoms with Crippen LogP contribution in [0.3, 0.4) is 0 Å². The van der Waals surface area contributed by atoms with E-state index < -0.39 is 24.2 Å². The quantitative estimate of drug-likeness (QED) is 0.130. The Hall–Kier alpha value is -4.98. The van der Waals surface area contributed by atoms with Crippen LogP contribution < -0.4 is 4.90 Å². The van der Waals surface area contributed by atoms with Crippen molar-refractivity contribution in [2.75, 3.05) is 11.5 Å². The number of hydrogen-bond donors (Lipinski definition) is 0. The number of Topliss-reactive ketones (excluding diaryl/α,β-unsaturated/α-hetero) is 1. The Labute approximate surface area is 235 Å². The van der Waals surface area contributed by atoms with Crippen molar-refractivity contribution in [3.05, 3.63) is 107 Å². The molecule has 6 rings (SSSR count). The van der Waals surface area contributed by atoms with Gasteiger partial charge in [-0.05, 0) is 74.4 Å². The highest BCUT2D eigenvalue weighted by atomic mass is 19.1. The second kappa shape index (κ2) is 10.5. The first-order valence-electron chi connectivity index (χ1n) is 13.3. The van der Waals surface area contributed by atoms with Crippen LogP contribution in [0, 0.1) is 24.6 Å². The van der Waals surface area contributed by atoms with Gasteiger partial charge in [0.25, 0.3) is 0 Å². The smallest absolute Gasteiger partial charge is 0.339 e. The molecule has 2 heterocycles. The Morgan fingerprint density at radius 3 is 2.22 bits per heavy atom. The summed E-state index contributed by atoms with van der Waals surface area (Å²) < 4.78 is 18.6. The number of amides is 2. The molecule has 7 nitrogen and oxygen atoms in total. The van der Waals surface area contributed by atoms with Gasteiger partial charge in [0.2, 0.25) is 11.8 Å². The van der Waals surface area contributed by atoms with Crippen molar-refractivity contribution in [1.82, 2.24) is 4.98 Å². The zero-order valence-electron chi connectivity index (χ0n) is 22.2. The molecule has 2 atom stereocenters. The fourth-order valence-corrected chi connectivity index (χ4v) is 5.42. The first kappa shape index (κ1) is 26.3. The van der Waals surface area contributed by atoms with E-state index >= 15 is 0 Å². The average molecular weight is 549 g/mol. The number of pyridine rings is 1. The summed E-state index contributed by atoms with van der Waals surface area (Å²) in [5.41, 5.74) is 3.62. The zero-order chi connectivity index (χ0) is 28.7. The molecule has 1 saturated heterocycles. The number of aromatic nitrogens is 1. The van der Waals surface area contributed by atoms with Crippen molar-refractivity contribution in [2.45, 2.75) is 19.8 Å². The Balaban J connectivity index is 1.28. The van der Waals surface area contributed by atoms with E-state index in [9.17, 15) is 23.6 Å². The minimum absolute atomic E-state index is 0.184. The van der Waals surface area contributed by atoms with Gasteiger partial charge in [-0.1, -0.05) is 35.9 Å². The molecule has 0 radical (unpaired) electrons. The zero-order valence-corrected chi connectivity index (χ0v) is 22.2. The second-order valence-corrected chi connectivity index (χ2v) is 10.3. The van der Waals surface area contributed by atoms with Crippen LogP contribution in [0.2, 0.25) is 0 Å². The molecule has 2 aliphatic rings. The summed E-state index contributed by atoms with van der Waals surface area (Å²) in [6, 6.07) is 19.1. The summed E-state index contributed by atoms with van der Waals surface area (Å²) in [4.78, 5) is 57.7. The first-order valence-corrected chi connectivity index (χ1v) is 13.3. The van der Waals surface area contributed by atoms with Crippen LogP contribution in [0.5, 0.6) is 0 Å². The Kier molecular flexibility index (Phi) is 6.75. The number of imide groups is 1. The molecule has 0 saturated carbocycles. The van der Waals surface area contributed by atoms with E-state index in [2.05, 4.69) is 0 Å². The number of nitrogens with zero attached hydrogens (tertiary/aromatic N) is 2. The Morgan fingerprint density at radius 1 is 0.902 bits per heavy atom. The van der Waals surface area contributed by atoms with Gasteiger partial charge in [0, 0.05) is 16.5 Å². The van der Waals surface area contributed by atoms with Gasteiger partial charge in [-0.2, -0.15) is 0 Å². The fourth-order valence-electron chi connectivity index (χ4n) is 5.42. The minimum Gasteiger partial charge on any atom is -0.454 e. The van der Waals surface area contributed by atoms with Crippen LogP contribution >= 0.6 is 0 Å². The van der Waals surface area contributed by atoms with E-state index in [1.807, 2.05) is 31.2 Å². The van der Waals surface area contributed by atoms with Crippen molar-refractivity contribution in [3.63, 3.8) is 0 Å². The lowest BCUT2D eigenvalue weighted by atomic mass is 9.85. The van der Waals surface area contributed by atoms with Crippen LogP contribution in [-0.2, 0) is 14.3 Å². The number of carbonyl (C=O) groups excluding carboxylic acids is 4. The number of ketones is 1. The molecule has 1 aliphatic carbocycles. The highest BCUT2D eigenvalue weighted by Crippen LogP contribution is 2.38. The maximum absolute atomic E-state index is 13.2. The number of esters is 1. The van der Waals surface area contributed by atoms with Gasteiger partial charge in [-0.15, -0.1) is 0 Å². The van der Waals surface area contributed by atoms with E-state index in [1.165, 1.54) is 29.2 Å². The molecule has 1 fully saturated rings. The number of aryl methyl sites for hydroxylation is 1. The summed E-state index contributed by atoms with van der Waals surface area (Å²) in [5, 5.41) is 0.578. The van der Waals surface area contributed by atoms with E-state index in [4.69, 9.17) is 9.72 Å². The minimum atomic E-state index is -0.694. The van der Waals surface area contributed by atoms with Crippen molar-refractivity contribution in [2.24, 2.45) is 11.8 Å². The van der Waals surface area contributed by atoms with Crippen LogP contribution in [0.4, 0.5) is 10.1 Å². The number of halogens is 1. The standard InChI is InChI=1S/C33H25FN2O5/c1-19-6-15-28-26(16-19)27(33(40)41-18-30(37)21-7-11-22(34)12-8-21)17-29(35-28)20-9-13-23(14-10-20)36-31(38)24-4-2-3-5-25(24)32(36)39/h2-3,6-17,24-25H,4-5,18H2,1H3/t24-,25-/m0/s1. The molecule has 3 aromatic carbocycles. The maximum atomic E-state index is 13.2. The molecule has 0 N–H and O–H groups in total. The van der Waals surface area contributed by atoms with Gasteiger partial charge in [0.1, 0.15) is 5.82 Å². The lowest BCUT2D eigenvalue weighted by Gasteiger charge is -2.15. The van der Waals surface area contributed by atoms with Crippen LogP contribution in [0.15, 0.2) is 84.9 Å². The average Bonchev–Trinajstić information content (AvgIpc) is 3.25. The predicted octanol–water partition coefficient (Wildman–Crippen LogP) is 5.84. The molecule has 0 unspecified atom stereocenters. The number of benzene rings is 3. The summed E-state index contributed by atoms with van der Waals surface area (Å²) in [5.74, 6) is -2.62. The number of allylic oxidation sites excluding steroid dienone is 2. The SMILES string of the molecule is Cc1ccc2nc(-c3ccc(N4C(=O)[C@H]5CC=CC[C@@H]5C4=O)cc3)cc(C(=O)OCC(=O)c3ccc(F)cc3)c2c1. The summed E-state index contributed by atoms with van der Waals surface area (Å²) in [6.07, 6.45) is 5.04. The third-order valence-electron chi connectivity index (χ3n) is 7.61. The van der Waals surface area contributed by atoms with Gasteiger partial charge in [0.15, 0.2) is 12.4 Å². The maximum Gasteiger partial charge on any atom is 0.339 e. The normalized spacial score (nSPS) is 18.0. The van der Waals surface area contributed by atoms with Gasteiger partial charge in [-0.25, -0.2) is 14.2 Å². The number of carbonyl (C=O) groups is 4. The highest BCUT2D eigenvalue weighted by Gasteiger charge is 2.47. The lowest BCUT2D eigenvalue weighted by molar-refractivity contribution is -0.122. The van der Waals surface area contributed by atoms with Crippen LogP contribution in [0.25, 0.3) is 22.2 Å². The fraction of sp³-hybridized carbons (Fsp3) is 0.182. The highest BCUT2D eigenvalue weighted by molar-refractivity contribution is 6.22. The largest absolute Gasteiger partial charge is 0.454 e. The van der Waals surface area contributed by atoms with E-state index in [1.54, 1.807) is 36.4 Å². The molecule has 8 heteroatoms. The monoisotopic (exact) mass is 548 g/mol. The lowest BCUT2D eigenvalue weighted by Crippen LogP contribution is -2.30. The van der Waals surface area contributed by atoms with Crippen molar-refractivity contribution >= 4 is 40.2 Å². The first-order chi connectivity index (χ1) is 19.8. The third-order valence-corrected chi connectivity index (χ3v) is 7.61. The topological polar surface area (TPSA) is 93.6 Å². The molecule has 0 spiro atoms. The second-order valence-electron chi connectivity index (χ2n) is 10.3. The van der Waals surface area contributed by atoms with Gasteiger partial charge in [-0.3, -0.25) is 19.3 Å². The number of rotatable bonds is 6. The Bertz CT molecular complexity index is 1720. The third kappa shape index (κ3) is 4.93. The number of fused-ring (bicyclic) bond motifs is 2. The molecular formula is C33H25FN2O5. The van der Waals surface area contributed by atoms with Crippen LogP contribution in [0.1, 0.15) is 39.1 Å². The van der Waals surface area contributed by atoms with Crippen molar-refractivity contribution < 1.29 is 28.3 Å². The van der Waals surface area contributed by atoms with E-state index in [0.29, 0.717) is 40.7 Å². The van der Waals surface area contributed by atoms with Crippen molar-refractivity contribution in [1.29, 1.82) is 0 Å². The molecule has 204 valence electrons. The number of ether oxygens (including phenoxy) is 1.